The highest BCUT2D eigenvalue weighted by Crippen LogP contribution is 2.26. The van der Waals surface area contributed by atoms with Crippen LogP contribution in [0.25, 0.3) is 0 Å². The van der Waals surface area contributed by atoms with Gasteiger partial charge in [0.15, 0.2) is 5.78 Å². The van der Waals surface area contributed by atoms with Gasteiger partial charge in [-0.2, -0.15) is 0 Å². The number of Topliss-reactive ketones (excluding diaryl/α,β-unsaturated/α-hetero) is 1. The maximum atomic E-state index is 12.7. The highest BCUT2D eigenvalue weighted by Gasteiger charge is 2.18. The van der Waals surface area contributed by atoms with E-state index in [-0.39, 0.29) is 11.7 Å². The van der Waals surface area contributed by atoms with Crippen molar-refractivity contribution >= 4 is 5.78 Å². The minimum atomic E-state index is 0.0124. The lowest BCUT2D eigenvalue weighted by atomic mass is 9.93. The average Bonchev–Trinajstić information content (AvgIpc) is 2.63. The third-order valence-electron chi connectivity index (χ3n) is 3.78. The molecule has 1 unspecified atom stereocenters. The van der Waals surface area contributed by atoms with E-state index < -0.39 is 0 Å². The second kappa shape index (κ2) is 7.51. The Hall–Kier alpha value is -3.01. The number of nitrogens with zero attached hydrogens (tertiary/aromatic N) is 2. The van der Waals surface area contributed by atoms with E-state index in [0.717, 1.165) is 5.56 Å². The topological polar surface area (TPSA) is 52.1 Å². The molecule has 3 aromatic rings. The molecule has 0 fully saturated rings. The molecule has 2 heterocycles. The molecule has 120 valence electrons. The highest BCUT2D eigenvalue weighted by atomic mass is 16.5. The van der Waals surface area contributed by atoms with Gasteiger partial charge in [-0.1, -0.05) is 37.3 Å². The fourth-order valence-electron chi connectivity index (χ4n) is 2.49. The van der Waals surface area contributed by atoms with Crippen LogP contribution in [0.1, 0.15) is 35.2 Å². The lowest BCUT2D eigenvalue weighted by Gasteiger charge is -2.13. The first kappa shape index (κ1) is 15.9. The number of ketones is 1. The van der Waals surface area contributed by atoms with Crippen LogP contribution in [0.4, 0.5) is 0 Å². The fraction of sp³-hybridized carbons (Fsp3) is 0.150. The molecule has 24 heavy (non-hydrogen) atoms. The Morgan fingerprint density at radius 2 is 1.83 bits per heavy atom. The summed E-state index contributed by atoms with van der Waals surface area (Å²) < 4.78 is 5.72. The first-order valence-corrected chi connectivity index (χ1v) is 7.85. The van der Waals surface area contributed by atoms with E-state index in [1.54, 1.807) is 42.9 Å². The molecule has 3 rings (SSSR count). The Labute approximate surface area is 141 Å². The van der Waals surface area contributed by atoms with Gasteiger partial charge in [0.25, 0.3) is 0 Å². The van der Waals surface area contributed by atoms with Crippen LogP contribution < -0.4 is 4.74 Å². The molecular weight excluding hydrogens is 300 g/mol. The van der Waals surface area contributed by atoms with Gasteiger partial charge >= 0.3 is 0 Å². The van der Waals surface area contributed by atoms with Crippen molar-refractivity contribution < 1.29 is 9.53 Å². The van der Waals surface area contributed by atoms with Crippen LogP contribution >= 0.6 is 0 Å². The van der Waals surface area contributed by atoms with Crippen molar-refractivity contribution in [3.8, 4) is 11.6 Å². The van der Waals surface area contributed by atoms with Crippen LogP contribution in [0, 0.1) is 0 Å². The molecule has 0 radical (unpaired) electrons. The van der Waals surface area contributed by atoms with Gasteiger partial charge in [-0.25, -0.2) is 4.98 Å². The third-order valence-corrected chi connectivity index (χ3v) is 3.78. The number of carbonyl (C=O) groups is 1. The standard InChI is InChI=1S/C20H18N2O2/c1-15(16-7-3-2-4-8-16)13-19(23)18-10-6-12-22-20(18)24-17-9-5-11-21-14-17/h2-12,14-15H,13H2,1H3. The minimum absolute atomic E-state index is 0.0124. The second-order valence-corrected chi connectivity index (χ2v) is 5.59. The quantitative estimate of drug-likeness (QED) is 0.621. The van der Waals surface area contributed by atoms with Gasteiger partial charge in [0.2, 0.25) is 5.88 Å². The van der Waals surface area contributed by atoms with Gasteiger partial charge in [-0.05, 0) is 35.7 Å². The van der Waals surface area contributed by atoms with E-state index in [1.165, 1.54) is 0 Å². The zero-order valence-electron chi connectivity index (χ0n) is 13.4. The number of pyridine rings is 2. The van der Waals surface area contributed by atoms with Gasteiger partial charge in [0.1, 0.15) is 5.75 Å². The van der Waals surface area contributed by atoms with Crippen LogP contribution in [0.3, 0.4) is 0 Å². The molecule has 0 spiro atoms. The molecule has 2 aromatic heterocycles. The van der Waals surface area contributed by atoms with Gasteiger partial charge in [-0.15, -0.1) is 0 Å². The molecule has 0 aliphatic heterocycles. The second-order valence-electron chi connectivity index (χ2n) is 5.59. The summed E-state index contributed by atoms with van der Waals surface area (Å²) in [6, 6.07) is 17.1. The average molecular weight is 318 g/mol. The van der Waals surface area contributed by atoms with Crippen LogP contribution in [0.2, 0.25) is 0 Å². The molecule has 0 aliphatic rings. The van der Waals surface area contributed by atoms with Gasteiger partial charge in [-0.3, -0.25) is 9.78 Å². The number of ether oxygens (including phenoxy) is 1. The van der Waals surface area contributed by atoms with Gasteiger partial charge in [0, 0.05) is 18.8 Å². The molecule has 0 saturated heterocycles. The number of hydrogen-bond acceptors (Lipinski definition) is 4. The van der Waals surface area contributed by atoms with E-state index in [1.807, 2.05) is 37.3 Å². The summed E-state index contributed by atoms with van der Waals surface area (Å²) >= 11 is 0. The molecule has 0 bridgehead atoms. The predicted molar refractivity (Wildman–Crippen MR) is 92.4 cm³/mol. The first-order valence-electron chi connectivity index (χ1n) is 7.85. The van der Waals surface area contributed by atoms with Crippen molar-refractivity contribution in [3.63, 3.8) is 0 Å². The normalized spacial score (nSPS) is 11.7. The molecule has 1 aromatic carbocycles. The van der Waals surface area contributed by atoms with E-state index in [4.69, 9.17) is 4.74 Å². The SMILES string of the molecule is CC(CC(=O)c1cccnc1Oc1cccnc1)c1ccccc1. The van der Waals surface area contributed by atoms with Crippen LogP contribution in [0.15, 0.2) is 73.2 Å². The Morgan fingerprint density at radius 1 is 1.04 bits per heavy atom. The summed E-state index contributed by atoms with van der Waals surface area (Å²) in [5.41, 5.74) is 1.63. The van der Waals surface area contributed by atoms with Crippen LogP contribution in [-0.4, -0.2) is 15.8 Å². The Bertz CT molecular complexity index is 804. The summed E-state index contributed by atoms with van der Waals surface area (Å²) in [6.07, 6.45) is 5.27. The summed E-state index contributed by atoms with van der Waals surface area (Å²) in [6.45, 7) is 2.05. The number of aromatic nitrogens is 2. The molecular formula is C20H18N2O2. The van der Waals surface area contributed by atoms with Crippen LogP contribution in [-0.2, 0) is 0 Å². The monoisotopic (exact) mass is 318 g/mol. The summed E-state index contributed by atoms with van der Waals surface area (Å²) in [5.74, 6) is 1.01. The number of rotatable bonds is 6. The smallest absolute Gasteiger partial charge is 0.230 e. The molecule has 0 saturated carbocycles. The summed E-state index contributed by atoms with van der Waals surface area (Å²) in [5, 5.41) is 0. The molecule has 0 aliphatic carbocycles. The summed E-state index contributed by atoms with van der Waals surface area (Å²) in [4.78, 5) is 20.9. The predicted octanol–water partition coefficient (Wildman–Crippen LogP) is 4.65. The van der Waals surface area contributed by atoms with Crippen molar-refractivity contribution in [2.75, 3.05) is 0 Å². The van der Waals surface area contributed by atoms with E-state index in [2.05, 4.69) is 9.97 Å². The lowest BCUT2D eigenvalue weighted by molar-refractivity contribution is 0.0973. The zero-order valence-corrected chi connectivity index (χ0v) is 13.4. The highest BCUT2D eigenvalue weighted by molar-refractivity contribution is 5.98. The lowest BCUT2D eigenvalue weighted by Crippen LogP contribution is -2.07. The Balaban J connectivity index is 1.78. The largest absolute Gasteiger partial charge is 0.437 e. The zero-order chi connectivity index (χ0) is 16.8. The first-order chi connectivity index (χ1) is 11.7. The van der Waals surface area contributed by atoms with E-state index in [0.29, 0.717) is 23.6 Å². The molecule has 4 heteroatoms. The number of benzene rings is 1. The van der Waals surface area contributed by atoms with Crippen molar-refractivity contribution in [1.82, 2.24) is 9.97 Å². The fourth-order valence-corrected chi connectivity index (χ4v) is 2.49. The van der Waals surface area contributed by atoms with Crippen molar-refractivity contribution in [3.05, 3.63) is 84.3 Å². The maximum Gasteiger partial charge on any atom is 0.230 e. The van der Waals surface area contributed by atoms with E-state index in [9.17, 15) is 4.79 Å². The summed E-state index contributed by atoms with van der Waals surface area (Å²) in [7, 11) is 0. The third kappa shape index (κ3) is 3.84. The van der Waals surface area contributed by atoms with Crippen molar-refractivity contribution in [1.29, 1.82) is 0 Å². The molecule has 1 atom stereocenters. The molecule has 4 nitrogen and oxygen atoms in total. The maximum absolute atomic E-state index is 12.7. The molecule has 0 N–H and O–H groups in total. The van der Waals surface area contributed by atoms with Gasteiger partial charge in [0.05, 0.1) is 11.8 Å². The van der Waals surface area contributed by atoms with E-state index >= 15 is 0 Å². The minimum Gasteiger partial charge on any atom is -0.437 e. The number of hydrogen-bond donors (Lipinski definition) is 0. The Kier molecular flexibility index (Phi) is 4.96. The van der Waals surface area contributed by atoms with Crippen molar-refractivity contribution in [2.45, 2.75) is 19.3 Å². The van der Waals surface area contributed by atoms with Crippen molar-refractivity contribution in [2.24, 2.45) is 0 Å². The molecule has 0 amide bonds. The number of carbonyl (C=O) groups excluding carboxylic acids is 1. The van der Waals surface area contributed by atoms with Crippen LogP contribution in [0.5, 0.6) is 11.6 Å². The van der Waals surface area contributed by atoms with Gasteiger partial charge < -0.3 is 4.74 Å². The Morgan fingerprint density at radius 3 is 2.58 bits per heavy atom.